The van der Waals surface area contributed by atoms with Crippen LogP contribution in [0.2, 0.25) is 0 Å². The predicted octanol–water partition coefficient (Wildman–Crippen LogP) is 2.64. The van der Waals surface area contributed by atoms with Crippen LogP contribution in [0.25, 0.3) is 0 Å². The van der Waals surface area contributed by atoms with Crippen LogP contribution in [0.3, 0.4) is 0 Å². The van der Waals surface area contributed by atoms with Crippen LogP contribution in [0, 0.1) is 0 Å². The molecule has 3 N–H and O–H groups in total. The Morgan fingerprint density at radius 1 is 1.08 bits per heavy atom. The summed E-state index contributed by atoms with van der Waals surface area (Å²) < 4.78 is 10.8. The first-order valence-corrected chi connectivity index (χ1v) is 9.08. The van der Waals surface area contributed by atoms with Crippen LogP contribution in [0.4, 0.5) is 5.82 Å². The molecule has 7 heteroatoms. The third-order valence-electron chi connectivity index (χ3n) is 3.67. The Balaban J connectivity index is 1.42. The summed E-state index contributed by atoms with van der Waals surface area (Å²) >= 11 is 0. The second kappa shape index (κ2) is 12.8. The zero-order valence-corrected chi connectivity index (χ0v) is 15.4. The summed E-state index contributed by atoms with van der Waals surface area (Å²) in [6, 6.07) is 9.65. The van der Waals surface area contributed by atoms with Crippen LogP contribution in [-0.2, 0) is 11.3 Å². The highest BCUT2D eigenvalue weighted by atomic mass is 16.5. The molecule has 2 rings (SSSR count). The SMILES string of the molecule is CN=C(NCCCCNc1ccccn1)NCCCOCc1ccco1. The van der Waals surface area contributed by atoms with Gasteiger partial charge in [-0.1, -0.05) is 6.07 Å². The number of aliphatic imine (C=N–C) groups is 1. The number of nitrogens with one attached hydrogen (secondary N) is 3. The van der Waals surface area contributed by atoms with Crippen molar-refractivity contribution in [2.75, 3.05) is 38.6 Å². The van der Waals surface area contributed by atoms with Crippen molar-refractivity contribution in [2.24, 2.45) is 4.99 Å². The number of pyridine rings is 1. The van der Waals surface area contributed by atoms with Gasteiger partial charge in [0.15, 0.2) is 5.96 Å². The lowest BCUT2D eigenvalue weighted by molar-refractivity contribution is 0.105. The Morgan fingerprint density at radius 2 is 1.92 bits per heavy atom. The van der Waals surface area contributed by atoms with Crippen molar-refractivity contribution in [3.8, 4) is 0 Å². The van der Waals surface area contributed by atoms with E-state index in [1.807, 2.05) is 30.3 Å². The number of aromatic nitrogens is 1. The van der Waals surface area contributed by atoms with Gasteiger partial charge in [0.1, 0.15) is 18.2 Å². The fourth-order valence-electron chi connectivity index (χ4n) is 2.31. The molecule has 7 nitrogen and oxygen atoms in total. The molecule has 0 amide bonds. The van der Waals surface area contributed by atoms with Gasteiger partial charge in [0.25, 0.3) is 0 Å². The maximum absolute atomic E-state index is 5.55. The van der Waals surface area contributed by atoms with Crippen molar-refractivity contribution in [3.63, 3.8) is 0 Å². The summed E-state index contributed by atoms with van der Waals surface area (Å²) in [4.78, 5) is 8.46. The number of hydrogen-bond donors (Lipinski definition) is 3. The van der Waals surface area contributed by atoms with Crippen molar-refractivity contribution in [2.45, 2.75) is 25.9 Å². The molecule has 0 aliphatic heterocycles. The smallest absolute Gasteiger partial charge is 0.190 e. The van der Waals surface area contributed by atoms with E-state index in [1.165, 1.54) is 0 Å². The largest absolute Gasteiger partial charge is 0.467 e. The van der Waals surface area contributed by atoms with Gasteiger partial charge >= 0.3 is 0 Å². The van der Waals surface area contributed by atoms with E-state index in [1.54, 1.807) is 19.5 Å². The number of rotatable bonds is 12. The molecule has 2 aromatic rings. The lowest BCUT2D eigenvalue weighted by Gasteiger charge is -2.12. The minimum atomic E-state index is 0.520. The molecule has 0 aromatic carbocycles. The molecule has 0 radical (unpaired) electrons. The highest BCUT2D eigenvalue weighted by Crippen LogP contribution is 2.02. The van der Waals surface area contributed by atoms with Gasteiger partial charge in [-0.2, -0.15) is 0 Å². The van der Waals surface area contributed by atoms with Crippen molar-refractivity contribution in [1.29, 1.82) is 0 Å². The Hall–Kier alpha value is -2.54. The molecule has 0 bridgehead atoms. The number of furan rings is 1. The van der Waals surface area contributed by atoms with E-state index >= 15 is 0 Å². The van der Waals surface area contributed by atoms with E-state index in [4.69, 9.17) is 9.15 Å². The molecule has 0 spiro atoms. The number of ether oxygens (including phenoxy) is 1. The monoisotopic (exact) mass is 359 g/mol. The van der Waals surface area contributed by atoms with Gasteiger partial charge in [-0.25, -0.2) is 4.98 Å². The minimum Gasteiger partial charge on any atom is -0.467 e. The first-order chi connectivity index (χ1) is 12.9. The molecule has 0 unspecified atom stereocenters. The molecule has 2 heterocycles. The van der Waals surface area contributed by atoms with Crippen LogP contribution in [0.5, 0.6) is 0 Å². The number of guanidine groups is 1. The third-order valence-corrected chi connectivity index (χ3v) is 3.67. The second-order valence-electron chi connectivity index (χ2n) is 5.76. The Morgan fingerprint density at radius 3 is 2.65 bits per heavy atom. The third kappa shape index (κ3) is 8.53. The Bertz CT molecular complexity index is 602. The van der Waals surface area contributed by atoms with Crippen LogP contribution in [0.15, 0.2) is 52.2 Å². The van der Waals surface area contributed by atoms with Gasteiger partial charge in [0.05, 0.1) is 6.26 Å². The van der Waals surface area contributed by atoms with Gasteiger partial charge in [0.2, 0.25) is 0 Å². The summed E-state index contributed by atoms with van der Waals surface area (Å²) in [6.45, 7) is 3.83. The van der Waals surface area contributed by atoms with Gasteiger partial charge < -0.3 is 25.1 Å². The molecular weight excluding hydrogens is 330 g/mol. The molecular formula is C19H29N5O2. The number of anilines is 1. The molecule has 0 fully saturated rings. The average molecular weight is 359 g/mol. The van der Waals surface area contributed by atoms with E-state index in [-0.39, 0.29) is 0 Å². The quantitative estimate of drug-likeness (QED) is 0.307. The molecule has 0 aliphatic carbocycles. The number of hydrogen-bond acceptors (Lipinski definition) is 5. The van der Waals surface area contributed by atoms with Gasteiger partial charge in [-0.3, -0.25) is 4.99 Å². The molecule has 142 valence electrons. The fraction of sp³-hybridized carbons (Fsp3) is 0.474. The second-order valence-corrected chi connectivity index (χ2v) is 5.76. The van der Waals surface area contributed by atoms with E-state index < -0.39 is 0 Å². The van der Waals surface area contributed by atoms with Gasteiger partial charge in [-0.05, 0) is 43.5 Å². The van der Waals surface area contributed by atoms with E-state index in [9.17, 15) is 0 Å². The zero-order chi connectivity index (χ0) is 18.3. The summed E-state index contributed by atoms with van der Waals surface area (Å²) in [5.41, 5.74) is 0. The normalized spacial score (nSPS) is 11.3. The average Bonchev–Trinajstić information content (AvgIpc) is 3.19. The topological polar surface area (TPSA) is 83.7 Å². The summed E-state index contributed by atoms with van der Waals surface area (Å²) in [6.07, 6.45) is 6.50. The summed E-state index contributed by atoms with van der Waals surface area (Å²) in [5.74, 6) is 2.61. The summed E-state index contributed by atoms with van der Waals surface area (Å²) in [5, 5.41) is 9.92. The van der Waals surface area contributed by atoms with Crippen LogP contribution < -0.4 is 16.0 Å². The molecule has 0 saturated heterocycles. The zero-order valence-electron chi connectivity index (χ0n) is 15.4. The van der Waals surface area contributed by atoms with Crippen LogP contribution in [0.1, 0.15) is 25.0 Å². The number of nitrogens with zero attached hydrogens (tertiary/aromatic N) is 2. The molecule has 0 atom stereocenters. The van der Waals surface area contributed by atoms with E-state index in [2.05, 4.69) is 25.9 Å². The predicted molar refractivity (Wildman–Crippen MR) is 104 cm³/mol. The van der Waals surface area contributed by atoms with E-state index in [0.717, 1.165) is 56.4 Å². The van der Waals surface area contributed by atoms with Crippen molar-refractivity contribution in [3.05, 3.63) is 48.6 Å². The van der Waals surface area contributed by atoms with Crippen molar-refractivity contribution >= 4 is 11.8 Å². The first-order valence-electron chi connectivity index (χ1n) is 9.08. The van der Waals surface area contributed by atoms with Crippen molar-refractivity contribution < 1.29 is 9.15 Å². The number of unbranched alkanes of at least 4 members (excludes halogenated alkanes) is 1. The van der Waals surface area contributed by atoms with Crippen molar-refractivity contribution in [1.82, 2.24) is 15.6 Å². The highest BCUT2D eigenvalue weighted by molar-refractivity contribution is 5.79. The Labute approximate surface area is 155 Å². The van der Waals surface area contributed by atoms with Crippen LogP contribution in [-0.4, -0.2) is 44.2 Å². The lowest BCUT2D eigenvalue weighted by atomic mass is 10.3. The first kappa shape index (κ1) is 19.8. The van der Waals surface area contributed by atoms with Gasteiger partial charge in [0, 0.05) is 39.5 Å². The van der Waals surface area contributed by atoms with E-state index in [0.29, 0.717) is 13.2 Å². The minimum absolute atomic E-state index is 0.520. The maximum Gasteiger partial charge on any atom is 0.190 e. The standard InChI is InChI=1S/C19H29N5O2/c1-20-19(24-13-7-14-25-16-17-8-6-15-26-17)23-12-5-4-11-22-18-9-2-3-10-21-18/h2-3,6,8-10,15H,4-5,7,11-14,16H2,1H3,(H,21,22)(H2,20,23,24). The lowest BCUT2D eigenvalue weighted by Crippen LogP contribution is -2.38. The fourth-order valence-corrected chi connectivity index (χ4v) is 2.31. The molecule has 0 aliphatic rings. The maximum atomic E-state index is 5.55. The van der Waals surface area contributed by atoms with Crippen LogP contribution >= 0.6 is 0 Å². The highest BCUT2D eigenvalue weighted by Gasteiger charge is 1.98. The molecule has 2 aromatic heterocycles. The molecule has 26 heavy (non-hydrogen) atoms. The molecule has 0 saturated carbocycles. The van der Waals surface area contributed by atoms with Gasteiger partial charge in [-0.15, -0.1) is 0 Å². The Kier molecular flexibility index (Phi) is 9.72. The summed E-state index contributed by atoms with van der Waals surface area (Å²) in [7, 11) is 1.78.